The van der Waals surface area contributed by atoms with Crippen molar-refractivity contribution in [3.8, 4) is 5.75 Å². The fraction of sp³-hybridized carbons (Fsp3) is 0.333. The van der Waals surface area contributed by atoms with E-state index in [4.69, 9.17) is 4.74 Å². The number of hydrogen-bond donors (Lipinski definition) is 1. The van der Waals surface area contributed by atoms with Gasteiger partial charge < -0.3 is 10.1 Å². The first-order valence-corrected chi connectivity index (χ1v) is 8.12. The normalized spacial score (nSPS) is 15.1. The van der Waals surface area contributed by atoms with Gasteiger partial charge in [-0.15, -0.1) is 11.3 Å². The average molecular weight is 338 g/mol. The predicted molar refractivity (Wildman–Crippen MR) is 82.9 cm³/mol. The smallest absolute Gasteiger partial charge is 0.127 e. The first kappa shape index (κ1) is 13.2. The molecule has 1 atom stereocenters. The highest BCUT2D eigenvalue weighted by atomic mass is 79.9. The summed E-state index contributed by atoms with van der Waals surface area (Å²) in [6, 6.07) is 8.95. The molecular formula is C15H16BrNOS. The summed E-state index contributed by atoms with van der Waals surface area (Å²) in [4.78, 5) is 1.37. The lowest BCUT2D eigenvalue weighted by molar-refractivity contribution is 0.351. The highest BCUT2D eigenvalue weighted by Crippen LogP contribution is 2.33. The minimum Gasteiger partial charge on any atom is -0.493 e. The molecule has 0 fully saturated rings. The SMILES string of the molecule is CC(NCc1cc(Br)cc2c1OCC2)c1cccs1. The van der Waals surface area contributed by atoms with Crippen LogP contribution in [-0.2, 0) is 13.0 Å². The number of ether oxygens (including phenoxy) is 1. The Balaban J connectivity index is 1.74. The summed E-state index contributed by atoms with van der Waals surface area (Å²) in [6.45, 7) is 3.84. The molecule has 2 nitrogen and oxygen atoms in total. The fourth-order valence-corrected chi connectivity index (χ4v) is 3.69. The van der Waals surface area contributed by atoms with Gasteiger partial charge in [-0.3, -0.25) is 0 Å². The van der Waals surface area contributed by atoms with Gasteiger partial charge >= 0.3 is 0 Å². The molecular weight excluding hydrogens is 322 g/mol. The van der Waals surface area contributed by atoms with Gasteiger partial charge in [0.1, 0.15) is 5.75 Å². The molecule has 1 aromatic carbocycles. The van der Waals surface area contributed by atoms with Gasteiger partial charge in [-0.25, -0.2) is 0 Å². The van der Waals surface area contributed by atoms with Crippen LogP contribution in [0.3, 0.4) is 0 Å². The zero-order valence-corrected chi connectivity index (χ0v) is 13.2. The zero-order chi connectivity index (χ0) is 13.2. The Morgan fingerprint density at radius 3 is 3.16 bits per heavy atom. The van der Waals surface area contributed by atoms with Gasteiger partial charge in [-0.05, 0) is 36.1 Å². The largest absolute Gasteiger partial charge is 0.493 e. The minimum absolute atomic E-state index is 0.371. The van der Waals surface area contributed by atoms with Crippen molar-refractivity contribution < 1.29 is 4.74 Å². The average Bonchev–Trinajstić information content (AvgIpc) is 3.05. The Kier molecular flexibility index (Phi) is 3.91. The third kappa shape index (κ3) is 2.86. The molecule has 0 aliphatic carbocycles. The van der Waals surface area contributed by atoms with Crippen molar-refractivity contribution in [1.82, 2.24) is 5.32 Å². The Labute approximate surface area is 125 Å². The molecule has 19 heavy (non-hydrogen) atoms. The number of fused-ring (bicyclic) bond motifs is 1. The summed E-state index contributed by atoms with van der Waals surface area (Å²) in [5, 5.41) is 5.69. The van der Waals surface area contributed by atoms with Crippen LogP contribution in [0.1, 0.15) is 29.0 Å². The van der Waals surface area contributed by atoms with Crippen molar-refractivity contribution in [3.63, 3.8) is 0 Å². The van der Waals surface area contributed by atoms with Crippen molar-refractivity contribution in [3.05, 3.63) is 50.1 Å². The topological polar surface area (TPSA) is 21.3 Å². The summed E-state index contributed by atoms with van der Waals surface area (Å²) in [5.41, 5.74) is 2.56. The van der Waals surface area contributed by atoms with Crippen LogP contribution >= 0.6 is 27.3 Å². The molecule has 3 rings (SSSR count). The van der Waals surface area contributed by atoms with Crippen LogP contribution in [0, 0.1) is 0 Å². The van der Waals surface area contributed by atoms with Gasteiger partial charge in [0.2, 0.25) is 0 Å². The second kappa shape index (κ2) is 5.65. The first-order chi connectivity index (χ1) is 9.24. The number of rotatable bonds is 4. The van der Waals surface area contributed by atoms with Crippen molar-refractivity contribution in [2.24, 2.45) is 0 Å². The highest BCUT2D eigenvalue weighted by molar-refractivity contribution is 9.10. The molecule has 0 spiro atoms. The summed E-state index contributed by atoms with van der Waals surface area (Å²) in [7, 11) is 0. The van der Waals surface area contributed by atoms with E-state index in [0.717, 1.165) is 29.8 Å². The Morgan fingerprint density at radius 1 is 1.47 bits per heavy atom. The Bertz CT molecular complexity index is 568. The van der Waals surface area contributed by atoms with Crippen molar-refractivity contribution in [2.75, 3.05) is 6.61 Å². The van der Waals surface area contributed by atoms with Gasteiger partial charge in [0.25, 0.3) is 0 Å². The van der Waals surface area contributed by atoms with E-state index in [1.807, 2.05) is 0 Å². The second-order valence-corrected chi connectivity index (χ2v) is 6.66. The zero-order valence-electron chi connectivity index (χ0n) is 10.8. The number of halogens is 1. The molecule has 0 saturated heterocycles. The first-order valence-electron chi connectivity index (χ1n) is 6.45. The number of benzene rings is 1. The van der Waals surface area contributed by atoms with Crippen molar-refractivity contribution in [1.29, 1.82) is 0 Å². The molecule has 1 aromatic heterocycles. The maximum atomic E-state index is 5.75. The highest BCUT2D eigenvalue weighted by Gasteiger charge is 2.17. The molecule has 4 heteroatoms. The lowest BCUT2D eigenvalue weighted by atomic mass is 10.1. The van der Waals surface area contributed by atoms with Crippen LogP contribution in [0.4, 0.5) is 0 Å². The second-order valence-electron chi connectivity index (χ2n) is 4.77. The lowest BCUT2D eigenvalue weighted by Gasteiger charge is -2.14. The Hall–Kier alpha value is -0.840. The van der Waals surface area contributed by atoms with E-state index in [1.165, 1.54) is 16.0 Å². The van der Waals surface area contributed by atoms with E-state index in [2.05, 4.69) is 57.8 Å². The Morgan fingerprint density at radius 2 is 2.37 bits per heavy atom. The maximum Gasteiger partial charge on any atom is 0.127 e. The number of hydrogen-bond acceptors (Lipinski definition) is 3. The minimum atomic E-state index is 0.371. The predicted octanol–water partition coefficient (Wildman–Crippen LogP) is 4.30. The van der Waals surface area contributed by atoms with E-state index in [9.17, 15) is 0 Å². The molecule has 2 aromatic rings. The molecule has 0 amide bonds. The van der Waals surface area contributed by atoms with E-state index >= 15 is 0 Å². The van der Waals surface area contributed by atoms with Crippen molar-refractivity contribution >= 4 is 27.3 Å². The quantitative estimate of drug-likeness (QED) is 0.898. The van der Waals surface area contributed by atoms with Crippen LogP contribution in [0.5, 0.6) is 5.75 Å². The molecule has 1 unspecified atom stereocenters. The van der Waals surface area contributed by atoms with Gasteiger partial charge in [-0.1, -0.05) is 22.0 Å². The molecule has 0 saturated carbocycles. The third-order valence-corrected chi connectivity index (χ3v) is 4.91. The van der Waals surface area contributed by atoms with Crippen molar-refractivity contribution in [2.45, 2.75) is 25.9 Å². The van der Waals surface area contributed by atoms with Gasteiger partial charge in [0.05, 0.1) is 6.61 Å². The monoisotopic (exact) mass is 337 g/mol. The number of nitrogens with one attached hydrogen (secondary N) is 1. The summed E-state index contributed by atoms with van der Waals surface area (Å²) in [5.74, 6) is 1.08. The molecule has 100 valence electrons. The van der Waals surface area contributed by atoms with Crippen LogP contribution in [-0.4, -0.2) is 6.61 Å². The van der Waals surface area contributed by atoms with Gasteiger partial charge in [0, 0.05) is 33.9 Å². The molecule has 0 radical (unpaired) electrons. The van der Waals surface area contributed by atoms with Crippen LogP contribution < -0.4 is 10.1 Å². The third-order valence-electron chi connectivity index (χ3n) is 3.39. The molecule has 2 heterocycles. The fourth-order valence-electron chi connectivity index (χ4n) is 2.38. The van der Waals surface area contributed by atoms with Crippen LogP contribution in [0.15, 0.2) is 34.1 Å². The molecule has 1 aliphatic rings. The van der Waals surface area contributed by atoms with Crippen LogP contribution in [0.25, 0.3) is 0 Å². The number of thiophene rings is 1. The lowest BCUT2D eigenvalue weighted by Crippen LogP contribution is -2.17. The van der Waals surface area contributed by atoms with E-state index < -0.39 is 0 Å². The van der Waals surface area contributed by atoms with E-state index in [-0.39, 0.29) is 0 Å². The summed E-state index contributed by atoms with van der Waals surface area (Å²) >= 11 is 5.37. The summed E-state index contributed by atoms with van der Waals surface area (Å²) in [6.07, 6.45) is 1.02. The standard InChI is InChI=1S/C15H16BrNOS/c1-10(14-3-2-6-19-14)17-9-12-8-13(16)7-11-4-5-18-15(11)12/h2-3,6-8,10,17H,4-5,9H2,1H3. The maximum absolute atomic E-state index is 5.75. The van der Waals surface area contributed by atoms with Crippen LogP contribution in [0.2, 0.25) is 0 Å². The van der Waals surface area contributed by atoms with Gasteiger partial charge in [-0.2, -0.15) is 0 Å². The van der Waals surface area contributed by atoms with E-state index in [1.54, 1.807) is 11.3 Å². The molecule has 1 N–H and O–H groups in total. The van der Waals surface area contributed by atoms with E-state index in [0.29, 0.717) is 6.04 Å². The molecule has 1 aliphatic heterocycles. The van der Waals surface area contributed by atoms with Gasteiger partial charge in [0.15, 0.2) is 0 Å². The summed E-state index contributed by atoms with van der Waals surface area (Å²) < 4.78 is 6.89. The molecule has 0 bridgehead atoms.